The molecule has 2 aromatic carbocycles. The molecule has 0 spiro atoms. The number of rotatable bonds is 2. The van der Waals surface area contributed by atoms with Crippen molar-refractivity contribution in [3.63, 3.8) is 0 Å². The summed E-state index contributed by atoms with van der Waals surface area (Å²) in [6.45, 7) is 0. The van der Waals surface area contributed by atoms with Crippen LogP contribution in [0.15, 0.2) is 49.8 Å². The minimum atomic E-state index is -0.220. The van der Waals surface area contributed by atoms with E-state index in [1.807, 2.05) is 18.2 Å². The number of hydrogen-bond donors (Lipinski definition) is 2. The van der Waals surface area contributed by atoms with Crippen molar-refractivity contribution in [3.05, 3.63) is 55.4 Å². The maximum Gasteiger partial charge on any atom is 0.256 e. The number of anilines is 2. The molecular weight excluding hydrogens is 440 g/mol. The van der Waals surface area contributed by atoms with Gasteiger partial charge in [-0.05, 0) is 56.1 Å². The molecule has 0 aliphatic rings. The second-order valence-corrected chi connectivity index (χ2v) is 6.41. The minimum Gasteiger partial charge on any atom is -0.397 e. The lowest BCUT2D eigenvalue weighted by Crippen LogP contribution is -2.14. The summed E-state index contributed by atoms with van der Waals surface area (Å²) in [4.78, 5) is 12.2. The Labute approximate surface area is 136 Å². The Kier molecular flexibility index (Phi) is 4.65. The van der Waals surface area contributed by atoms with Gasteiger partial charge in [0.25, 0.3) is 5.91 Å². The molecule has 3 N–H and O–H groups in total. The van der Waals surface area contributed by atoms with Crippen LogP contribution in [0.25, 0.3) is 0 Å². The van der Waals surface area contributed by atoms with Crippen LogP contribution in [0.3, 0.4) is 0 Å². The van der Waals surface area contributed by atoms with Crippen LogP contribution in [0.1, 0.15) is 10.4 Å². The van der Waals surface area contributed by atoms with Crippen molar-refractivity contribution in [1.29, 1.82) is 0 Å². The number of nitrogens with one attached hydrogen (secondary N) is 1. The van der Waals surface area contributed by atoms with Gasteiger partial charge in [-0.2, -0.15) is 0 Å². The first-order valence-corrected chi connectivity index (χ1v) is 7.67. The second-order valence-electron chi connectivity index (χ2n) is 3.79. The molecule has 0 aliphatic heterocycles. The summed E-state index contributed by atoms with van der Waals surface area (Å²) < 4.78 is 2.30. The van der Waals surface area contributed by atoms with Gasteiger partial charge in [0.15, 0.2) is 0 Å². The Morgan fingerprint density at radius 2 is 1.74 bits per heavy atom. The topological polar surface area (TPSA) is 55.1 Å². The van der Waals surface area contributed by atoms with E-state index in [1.165, 1.54) is 0 Å². The number of nitrogen functional groups attached to an aromatic ring is 1. The third-order valence-electron chi connectivity index (χ3n) is 2.44. The van der Waals surface area contributed by atoms with Crippen LogP contribution in [0.5, 0.6) is 0 Å². The molecule has 0 aliphatic carbocycles. The quantitative estimate of drug-likeness (QED) is 0.648. The molecule has 2 rings (SSSR count). The van der Waals surface area contributed by atoms with Crippen LogP contribution in [0.4, 0.5) is 11.4 Å². The molecule has 6 heteroatoms. The van der Waals surface area contributed by atoms with Gasteiger partial charge < -0.3 is 11.1 Å². The van der Waals surface area contributed by atoms with E-state index in [-0.39, 0.29) is 5.91 Å². The predicted octanol–water partition coefficient (Wildman–Crippen LogP) is 4.81. The Bertz CT molecular complexity index is 621. The third-order valence-corrected chi connectivity index (χ3v) is 4.22. The van der Waals surface area contributed by atoms with Gasteiger partial charge in [-0.15, -0.1) is 0 Å². The first kappa shape index (κ1) is 14.6. The van der Waals surface area contributed by atoms with Gasteiger partial charge >= 0.3 is 0 Å². The molecule has 98 valence electrons. The van der Waals surface area contributed by atoms with E-state index in [1.54, 1.807) is 18.2 Å². The number of hydrogen-bond acceptors (Lipinski definition) is 2. The van der Waals surface area contributed by atoms with Crippen molar-refractivity contribution < 1.29 is 4.79 Å². The first-order chi connectivity index (χ1) is 8.99. The largest absolute Gasteiger partial charge is 0.397 e. The highest BCUT2D eigenvalue weighted by Gasteiger charge is 2.13. The molecule has 3 nitrogen and oxygen atoms in total. The van der Waals surface area contributed by atoms with Crippen LogP contribution >= 0.6 is 47.8 Å². The second kappa shape index (κ2) is 6.07. The molecule has 0 fully saturated rings. The fourth-order valence-electron chi connectivity index (χ4n) is 1.55. The maximum absolute atomic E-state index is 12.2. The summed E-state index contributed by atoms with van der Waals surface area (Å²) in [5, 5.41) is 2.80. The number of carbonyl (C=O) groups is 1. The summed E-state index contributed by atoms with van der Waals surface area (Å²) in [7, 11) is 0. The Balaban J connectivity index is 2.32. The average molecular weight is 449 g/mol. The Morgan fingerprint density at radius 3 is 2.37 bits per heavy atom. The van der Waals surface area contributed by atoms with Gasteiger partial charge in [0.2, 0.25) is 0 Å². The zero-order valence-corrected chi connectivity index (χ0v) is 14.3. The Morgan fingerprint density at radius 1 is 1.05 bits per heavy atom. The van der Waals surface area contributed by atoms with Crippen molar-refractivity contribution >= 4 is 65.1 Å². The van der Waals surface area contributed by atoms with E-state index < -0.39 is 0 Å². The van der Waals surface area contributed by atoms with Crippen molar-refractivity contribution in [2.24, 2.45) is 0 Å². The summed E-state index contributed by atoms with van der Waals surface area (Å²) in [6.07, 6.45) is 0. The van der Waals surface area contributed by atoms with E-state index in [4.69, 9.17) is 5.73 Å². The molecule has 0 saturated heterocycles. The van der Waals surface area contributed by atoms with E-state index in [0.717, 1.165) is 13.4 Å². The third kappa shape index (κ3) is 3.38. The zero-order valence-electron chi connectivity index (χ0n) is 9.58. The molecule has 0 radical (unpaired) electrons. The normalized spacial score (nSPS) is 10.3. The van der Waals surface area contributed by atoms with Gasteiger partial charge in [0.05, 0.1) is 16.9 Å². The number of halogens is 3. The Hall–Kier alpha value is -0.850. The van der Waals surface area contributed by atoms with Crippen LogP contribution in [-0.2, 0) is 0 Å². The highest BCUT2D eigenvalue weighted by Crippen LogP contribution is 2.33. The predicted molar refractivity (Wildman–Crippen MR) is 88.3 cm³/mol. The lowest BCUT2D eigenvalue weighted by Gasteiger charge is -2.11. The number of benzene rings is 2. The molecule has 0 atom stereocenters. The molecule has 2 aromatic rings. The summed E-state index contributed by atoms with van der Waals surface area (Å²) >= 11 is 10.1. The zero-order chi connectivity index (χ0) is 14.0. The number of carbonyl (C=O) groups excluding carboxylic acids is 1. The summed E-state index contributed by atoms with van der Waals surface area (Å²) in [5.41, 5.74) is 7.50. The smallest absolute Gasteiger partial charge is 0.256 e. The highest BCUT2D eigenvalue weighted by molar-refractivity contribution is 9.11. The van der Waals surface area contributed by atoms with E-state index in [2.05, 4.69) is 53.1 Å². The van der Waals surface area contributed by atoms with Gasteiger partial charge in [0.1, 0.15) is 0 Å². The monoisotopic (exact) mass is 446 g/mol. The number of amides is 1. The van der Waals surface area contributed by atoms with E-state index in [0.29, 0.717) is 16.9 Å². The van der Waals surface area contributed by atoms with Crippen molar-refractivity contribution in [1.82, 2.24) is 0 Å². The first-order valence-electron chi connectivity index (χ1n) is 5.29. The lowest BCUT2D eigenvalue weighted by molar-refractivity contribution is 0.102. The van der Waals surface area contributed by atoms with Crippen LogP contribution in [0, 0.1) is 0 Å². The standard InChI is InChI=1S/C13H9Br3N2O/c14-7-5-10(16)12(11(17)6-7)18-13(19)8-3-1-2-4-9(8)15/h1-6H,17H2,(H,18,19). The van der Waals surface area contributed by atoms with Gasteiger partial charge in [-0.3, -0.25) is 4.79 Å². The molecule has 0 aromatic heterocycles. The van der Waals surface area contributed by atoms with Gasteiger partial charge in [-0.1, -0.05) is 28.1 Å². The molecule has 0 saturated carbocycles. The minimum absolute atomic E-state index is 0.220. The fourth-order valence-corrected chi connectivity index (χ4v) is 3.37. The van der Waals surface area contributed by atoms with Crippen LogP contribution in [0.2, 0.25) is 0 Å². The summed E-state index contributed by atoms with van der Waals surface area (Å²) in [6, 6.07) is 10.8. The van der Waals surface area contributed by atoms with E-state index in [9.17, 15) is 4.79 Å². The highest BCUT2D eigenvalue weighted by atomic mass is 79.9. The fraction of sp³-hybridized carbons (Fsp3) is 0. The van der Waals surface area contributed by atoms with Crippen molar-refractivity contribution in [3.8, 4) is 0 Å². The maximum atomic E-state index is 12.2. The van der Waals surface area contributed by atoms with Gasteiger partial charge in [-0.25, -0.2) is 0 Å². The van der Waals surface area contributed by atoms with Gasteiger partial charge in [0, 0.05) is 13.4 Å². The SMILES string of the molecule is Nc1cc(Br)cc(Br)c1NC(=O)c1ccccc1Br. The lowest BCUT2D eigenvalue weighted by atomic mass is 10.2. The number of nitrogens with two attached hydrogens (primary N) is 1. The molecular formula is C13H9Br3N2O. The van der Waals surface area contributed by atoms with Crippen molar-refractivity contribution in [2.45, 2.75) is 0 Å². The molecule has 0 bridgehead atoms. The molecule has 0 unspecified atom stereocenters. The molecule has 19 heavy (non-hydrogen) atoms. The molecule has 1 amide bonds. The van der Waals surface area contributed by atoms with E-state index >= 15 is 0 Å². The summed E-state index contributed by atoms with van der Waals surface area (Å²) in [5.74, 6) is -0.220. The van der Waals surface area contributed by atoms with Crippen LogP contribution in [-0.4, -0.2) is 5.91 Å². The average Bonchev–Trinajstić information content (AvgIpc) is 2.34. The van der Waals surface area contributed by atoms with Crippen molar-refractivity contribution in [2.75, 3.05) is 11.1 Å². The van der Waals surface area contributed by atoms with Crippen LogP contribution < -0.4 is 11.1 Å². The molecule has 0 heterocycles.